The van der Waals surface area contributed by atoms with Gasteiger partial charge in [-0.2, -0.15) is 5.06 Å². The van der Waals surface area contributed by atoms with Crippen molar-refractivity contribution in [1.29, 1.82) is 0 Å². The molecule has 1 aliphatic rings. The fraction of sp³-hybridized carbons (Fsp3) is 0.714. The summed E-state index contributed by atoms with van der Waals surface area (Å²) in [4.78, 5) is 25.4. The van der Waals surface area contributed by atoms with Crippen LogP contribution in [0, 0.1) is 0 Å². The maximum Gasteiger partial charge on any atom is 0.348 e. The van der Waals surface area contributed by atoms with E-state index in [1.165, 1.54) is 0 Å². The molecule has 1 rings (SSSR count). The molecule has 0 atom stereocenters. The van der Waals surface area contributed by atoms with Gasteiger partial charge < -0.3 is 15.9 Å². The molecule has 1 heterocycles. The molecule has 0 spiro atoms. The van der Waals surface area contributed by atoms with E-state index in [9.17, 15) is 9.59 Å². The zero-order chi connectivity index (χ0) is 9.68. The number of amides is 2. The van der Waals surface area contributed by atoms with E-state index in [4.69, 9.17) is 5.73 Å². The Morgan fingerprint density at radius 1 is 1.54 bits per heavy atom. The van der Waals surface area contributed by atoms with Crippen LogP contribution in [0.15, 0.2) is 0 Å². The summed E-state index contributed by atoms with van der Waals surface area (Å²) in [5.41, 5.74) is 5.04. The van der Waals surface area contributed by atoms with E-state index in [2.05, 4.69) is 10.2 Å². The average molecular weight is 187 g/mol. The highest BCUT2D eigenvalue weighted by Crippen LogP contribution is 2.11. The fourth-order valence-electron chi connectivity index (χ4n) is 1.41. The molecule has 13 heavy (non-hydrogen) atoms. The molecule has 0 aliphatic carbocycles. The van der Waals surface area contributed by atoms with Crippen LogP contribution in [0.4, 0.5) is 4.79 Å². The molecule has 6 nitrogen and oxygen atoms in total. The summed E-state index contributed by atoms with van der Waals surface area (Å²) in [7, 11) is 0. The second-order valence-corrected chi connectivity index (χ2v) is 2.85. The van der Waals surface area contributed by atoms with Crippen LogP contribution in [-0.2, 0) is 9.63 Å². The van der Waals surface area contributed by atoms with Crippen LogP contribution in [0.2, 0.25) is 0 Å². The number of hydrogen-bond acceptors (Lipinski definition) is 4. The monoisotopic (exact) mass is 187 g/mol. The Bertz CT molecular complexity index is 191. The number of rotatable bonds is 3. The Kier molecular flexibility index (Phi) is 3.51. The van der Waals surface area contributed by atoms with E-state index in [0.717, 1.165) is 31.0 Å². The van der Waals surface area contributed by atoms with E-state index in [1.54, 1.807) is 0 Å². The highest BCUT2D eigenvalue weighted by Gasteiger charge is 2.25. The van der Waals surface area contributed by atoms with Crippen LogP contribution in [0.25, 0.3) is 0 Å². The Morgan fingerprint density at radius 3 is 2.62 bits per heavy atom. The topological polar surface area (TPSA) is 84.7 Å². The Morgan fingerprint density at radius 2 is 2.15 bits per heavy atom. The van der Waals surface area contributed by atoms with Crippen molar-refractivity contribution in [2.45, 2.75) is 18.9 Å². The third-order valence-electron chi connectivity index (χ3n) is 2.01. The summed E-state index contributed by atoms with van der Waals surface area (Å²) in [6, 6.07) is -0.817. The summed E-state index contributed by atoms with van der Waals surface area (Å²) in [6.07, 6.45) is 1.49. The first-order chi connectivity index (χ1) is 6.25. The lowest BCUT2D eigenvalue weighted by atomic mass is 10.1. The number of nitrogens with two attached hydrogens (primary N) is 1. The lowest BCUT2D eigenvalue weighted by molar-refractivity contribution is -0.168. The third-order valence-corrected chi connectivity index (χ3v) is 2.01. The first-order valence-electron chi connectivity index (χ1n) is 4.15. The molecule has 0 aromatic rings. The Balaban J connectivity index is 2.51. The summed E-state index contributed by atoms with van der Waals surface area (Å²) < 4.78 is 0. The molecular formula is C7H13N3O3. The summed E-state index contributed by atoms with van der Waals surface area (Å²) in [6.45, 7) is 1.82. The number of nitrogens with zero attached hydrogens (tertiary/aromatic N) is 1. The molecule has 0 radical (unpaired) electrons. The molecule has 6 heteroatoms. The van der Waals surface area contributed by atoms with Crippen molar-refractivity contribution in [2.24, 2.45) is 5.73 Å². The quantitative estimate of drug-likeness (QED) is 0.448. The van der Waals surface area contributed by atoms with Gasteiger partial charge in [0.25, 0.3) is 0 Å². The summed E-state index contributed by atoms with van der Waals surface area (Å²) >= 11 is 0. The van der Waals surface area contributed by atoms with Gasteiger partial charge in [-0.1, -0.05) is 0 Å². The van der Waals surface area contributed by atoms with Crippen LogP contribution in [-0.4, -0.2) is 36.7 Å². The number of nitrogens with one attached hydrogen (secondary N) is 1. The minimum absolute atomic E-state index is 0.0936. The maximum absolute atomic E-state index is 10.8. The van der Waals surface area contributed by atoms with E-state index in [0.29, 0.717) is 0 Å². The van der Waals surface area contributed by atoms with Gasteiger partial charge in [0.05, 0.1) is 6.04 Å². The molecule has 0 aromatic heterocycles. The molecule has 0 bridgehead atoms. The van der Waals surface area contributed by atoms with Crippen molar-refractivity contribution in [3.05, 3.63) is 0 Å². The highest BCUT2D eigenvalue weighted by molar-refractivity contribution is 5.72. The number of carbonyl (C=O) groups excluding carboxylic acids is 2. The SMILES string of the molecule is NC(=O)N(OC=O)C1CCNCC1. The first-order valence-corrected chi connectivity index (χ1v) is 4.15. The van der Waals surface area contributed by atoms with Crippen molar-refractivity contribution in [2.75, 3.05) is 13.1 Å². The van der Waals surface area contributed by atoms with Gasteiger partial charge >= 0.3 is 12.5 Å². The van der Waals surface area contributed by atoms with E-state index >= 15 is 0 Å². The van der Waals surface area contributed by atoms with Gasteiger partial charge in [0.15, 0.2) is 0 Å². The zero-order valence-electron chi connectivity index (χ0n) is 7.23. The molecule has 74 valence electrons. The predicted molar refractivity (Wildman–Crippen MR) is 44.5 cm³/mol. The second kappa shape index (κ2) is 4.66. The Hall–Kier alpha value is -1.30. The molecule has 1 fully saturated rings. The Labute approximate surface area is 76.0 Å². The van der Waals surface area contributed by atoms with Gasteiger partial charge in [0.1, 0.15) is 0 Å². The van der Waals surface area contributed by atoms with Gasteiger partial charge in [0, 0.05) is 0 Å². The van der Waals surface area contributed by atoms with E-state index in [-0.39, 0.29) is 12.5 Å². The highest BCUT2D eigenvalue weighted by atomic mass is 16.7. The number of primary amides is 1. The lowest BCUT2D eigenvalue weighted by Crippen LogP contribution is -2.48. The minimum Gasteiger partial charge on any atom is -0.349 e. The van der Waals surface area contributed by atoms with Crippen molar-refractivity contribution < 1.29 is 14.4 Å². The molecule has 0 saturated carbocycles. The van der Waals surface area contributed by atoms with Crippen molar-refractivity contribution >= 4 is 12.5 Å². The van der Waals surface area contributed by atoms with E-state index in [1.807, 2.05) is 0 Å². The van der Waals surface area contributed by atoms with Gasteiger partial charge in [-0.15, -0.1) is 0 Å². The maximum atomic E-state index is 10.8. The van der Waals surface area contributed by atoms with Crippen molar-refractivity contribution in [3.8, 4) is 0 Å². The molecule has 1 aliphatic heterocycles. The smallest absolute Gasteiger partial charge is 0.348 e. The van der Waals surface area contributed by atoms with Crippen LogP contribution in [0.3, 0.4) is 0 Å². The first kappa shape index (κ1) is 9.79. The van der Waals surface area contributed by atoms with Crippen molar-refractivity contribution in [3.63, 3.8) is 0 Å². The number of hydrogen-bond donors (Lipinski definition) is 2. The normalized spacial score (nSPS) is 17.8. The average Bonchev–Trinajstić information content (AvgIpc) is 2.15. The van der Waals surface area contributed by atoms with E-state index < -0.39 is 6.03 Å². The molecule has 1 saturated heterocycles. The second-order valence-electron chi connectivity index (χ2n) is 2.85. The standard InChI is InChI=1S/C7H13N3O3/c8-7(12)10(13-5-11)6-1-3-9-4-2-6/h5-6,9H,1-4H2,(H2,8,12). The molecule has 0 unspecified atom stereocenters. The van der Waals surface area contributed by atoms with Crippen LogP contribution < -0.4 is 11.1 Å². The number of piperidine rings is 1. The summed E-state index contributed by atoms with van der Waals surface area (Å²) in [5, 5.41) is 4.07. The number of carbonyl (C=O) groups is 2. The third kappa shape index (κ3) is 2.59. The largest absolute Gasteiger partial charge is 0.349 e. The molecular weight excluding hydrogens is 174 g/mol. The molecule has 0 aromatic carbocycles. The van der Waals surface area contributed by atoms with Gasteiger partial charge in [-0.3, -0.25) is 4.79 Å². The minimum atomic E-state index is -0.723. The van der Waals surface area contributed by atoms with Gasteiger partial charge in [-0.05, 0) is 25.9 Å². The number of hydroxylamine groups is 2. The number of urea groups is 1. The zero-order valence-corrected chi connectivity index (χ0v) is 7.23. The molecule has 3 N–H and O–H groups in total. The van der Waals surface area contributed by atoms with Gasteiger partial charge in [-0.25, -0.2) is 4.79 Å². The molecule has 2 amide bonds. The van der Waals surface area contributed by atoms with Crippen LogP contribution >= 0.6 is 0 Å². The predicted octanol–water partition coefficient (Wildman–Crippen LogP) is -0.793. The fourth-order valence-corrected chi connectivity index (χ4v) is 1.41. The summed E-state index contributed by atoms with van der Waals surface area (Å²) in [5.74, 6) is 0. The van der Waals surface area contributed by atoms with Crippen LogP contribution in [0.1, 0.15) is 12.8 Å². The lowest BCUT2D eigenvalue weighted by Gasteiger charge is -2.29. The van der Waals surface area contributed by atoms with Crippen molar-refractivity contribution in [1.82, 2.24) is 10.4 Å². The van der Waals surface area contributed by atoms with Gasteiger partial charge in [0.2, 0.25) is 0 Å². The van der Waals surface area contributed by atoms with Crippen LogP contribution in [0.5, 0.6) is 0 Å².